The van der Waals surface area contributed by atoms with Crippen molar-refractivity contribution in [1.82, 2.24) is 5.32 Å². The predicted molar refractivity (Wildman–Crippen MR) is 86.7 cm³/mol. The third-order valence-electron chi connectivity index (χ3n) is 4.56. The summed E-state index contributed by atoms with van der Waals surface area (Å²) >= 11 is 0. The van der Waals surface area contributed by atoms with Gasteiger partial charge in [0.2, 0.25) is 5.91 Å². The van der Waals surface area contributed by atoms with Gasteiger partial charge in [-0.3, -0.25) is 4.79 Å². The van der Waals surface area contributed by atoms with E-state index in [1.165, 1.54) is 25.7 Å². The molecule has 0 radical (unpaired) electrons. The first-order valence-corrected chi connectivity index (χ1v) is 8.20. The summed E-state index contributed by atoms with van der Waals surface area (Å²) in [4.78, 5) is 12.1. The molecule has 2 unspecified atom stereocenters. The van der Waals surface area contributed by atoms with E-state index in [2.05, 4.69) is 5.32 Å². The van der Waals surface area contributed by atoms with Gasteiger partial charge in [0.1, 0.15) is 5.75 Å². The molecule has 4 nitrogen and oxygen atoms in total. The van der Waals surface area contributed by atoms with Crippen molar-refractivity contribution >= 4 is 5.91 Å². The van der Waals surface area contributed by atoms with Gasteiger partial charge in [-0.25, -0.2) is 0 Å². The minimum atomic E-state index is -0.710. The van der Waals surface area contributed by atoms with E-state index in [1.54, 1.807) is 13.2 Å². The van der Waals surface area contributed by atoms with Crippen molar-refractivity contribution in [3.63, 3.8) is 0 Å². The second-order valence-electron chi connectivity index (χ2n) is 6.32. The van der Waals surface area contributed by atoms with Crippen LogP contribution < -0.4 is 10.1 Å². The summed E-state index contributed by atoms with van der Waals surface area (Å²) in [5.74, 6) is 1.45. The molecule has 22 heavy (non-hydrogen) atoms. The highest BCUT2D eigenvalue weighted by Gasteiger charge is 2.22. The van der Waals surface area contributed by atoms with Crippen LogP contribution in [0.3, 0.4) is 0 Å². The van der Waals surface area contributed by atoms with Crippen molar-refractivity contribution in [1.29, 1.82) is 0 Å². The lowest BCUT2D eigenvalue weighted by atomic mass is 9.94. The molecule has 1 aliphatic rings. The van der Waals surface area contributed by atoms with E-state index in [0.29, 0.717) is 11.7 Å². The molecule has 0 saturated heterocycles. The molecular weight excluding hydrogens is 278 g/mol. The first kappa shape index (κ1) is 16.8. The van der Waals surface area contributed by atoms with E-state index < -0.39 is 6.10 Å². The zero-order chi connectivity index (χ0) is 15.9. The van der Waals surface area contributed by atoms with Crippen molar-refractivity contribution in [3.05, 3.63) is 29.8 Å². The summed E-state index contributed by atoms with van der Waals surface area (Å²) < 4.78 is 5.14. The molecule has 1 fully saturated rings. The number of aliphatic hydroxyl groups excluding tert-OH is 1. The number of nitrogens with one attached hydrogen (secondary N) is 1. The number of methoxy groups -OCH3 is 1. The highest BCUT2D eigenvalue weighted by molar-refractivity contribution is 5.78. The van der Waals surface area contributed by atoms with E-state index in [1.807, 2.05) is 25.1 Å². The summed E-state index contributed by atoms with van der Waals surface area (Å²) in [6.07, 6.45) is 5.36. The van der Waals surface area contributed by atoms with Crippen molar-refractivity contribution in [2.24, 2.45) is 11.8 Å². The number of carbonyl (C=O) groups is 1. The molecule has 2 atom stereocenters. The lowest BCUT2D eigenvalue weighted by Crippen LogP contribution is -2.33. The topological polar surface area (TPSA) is 58.6 Å². The maximum Gasteiger partial charge on any atom is 0.222 e. The standard InChI is InChI=1S/C18H27NO3/c1-13(10-14-6-3-4-7-14)18(21)19-12-17(20)15-8-5-9-16(11-15)22-2/h5,8-9,11,13-14,17,20H,3-4,6-7,10,12H2,1-2H3,(H,19,21). The number of hydrogen-bond donors (Lipinski definition) is 2. The summed E-state index contributed by atoms with van der Waals surface area (Å²) in [6.45, 7) is 2.21. The van der Waals surface area contributed by atoms with Gasteiger partial charge in [0, 0.05) is 12.5 Å². The Labute approximate surface area is 132 Å². The molecule has 2 rings (SSSR count). The van der Waals surface area contributed by atoms with Crippen LogP contribution in [0, 0.1) is 11.8 Å². The molecule has 0 heterocycles. The Hall–Kier alpha value is -1.55. The minimum absolute atomic E-state index is 0.0145. The van der Waals surface area contributed by atoms with Gasteiger partial charge in [-0.15, -0.1) is 0 Å². The smallest absolute Gasteiger partial charge is 0.222 e. The second-order valence-corrected chi connectivity index (χ2v) is 6.32. The second kappa shape index (κ2) is 8.18. The van der Waals surface area contributed by atoms with Crippen LogP contribution in [0.2, 0.25) is 0 Å². The zero-order valence-corrected chi connectivity index (χ0v) is 13.5. The highest BCUT2D eigenvalue weighted by Crippen LogP contribution is 2.30. The van der Waals surface area contributed by atoms with E-state index in [9.17, 15) is 9.90 Å². The van der Waals surface area contributed by atoms with Gasteiger partial charge < -0.3 is 15.2 Å². The average molecular weight is 305 g/mol. The quantitative estimate of drug-likeness (QED) is 0.814. The summed E-state index contributed by atoms with van der Waals surface area (Å²) in [7, 11) is 1.60. The molecule has 0 bridgehead atoms. The fourth-order valence-electron chi connectivity index (χ4n) is 3.19. The van der Waals surface area contributed by atoms with Crippen LogP contribution in [0.15, 0.2) is 24.3 Å². The van der Waals surface area contributed by atoms with Crippen LogP contribution in [0.4, 0.5) is 0 Å². The number of rotatable bonds is 7. The Kier molecular flexibility index (Phi) is 6.25. The van der Waals surface area contributed by atoms with Crippen molar-refractivity contribution in [3.8, 4) is 5.75 Å². The van der Waals surface area contributed by atoms with Crippen molar-refractivity contribution in [2.45, 2.75) is 45.1 Å². The highest BCUT2D eigenvalue weighted by atomic mass is 16.5. The van der Waals surface area contributed by atoms with E-state index >= 15 is 0 Å². The third kappa shape index (κ3) is 4.73. The Balaban J connectivity index is 1.79. The molecule has 4 heteroatoms. The Morgan fingerprint density at radius 3 is 2.82 bits per heavy atom. The van der Waals surface area contributed by atoms with Gasteiger partial charge in [-0.2, -0.15) is 0 Å². The summed E-state index contributed by atoms with van der Waals surface area (Å²) in [5, 5.41) is 13.0. The van der Waals surface area contributed by atoms with Gasteiger partial charge in [-0.05, 0) is 30.0 Å². The van der Waals surface area contributed by atoms with Gasteiger partial charge in [0.05, 0.1) is 13.2 Å². The number of benzene rings is 1. The minimum Gasteiger partial charge on any atom is -0.497 e. The molecule has 1 aromatic carbocycles. The lowest BCUT2D eigenvalue weighted by Gasteiger charge is -2.18. The number of ether oxygens (including phenoxy) is 1. The third-order valence-corrected chi connectivity index (χ3v) is 4.56. The van der Waals surface area contributed by atoms with Crippen molar-refractivity contribution < 1.29 is 14.6 Å². The van der Waals surface area contributed by atoms with E-state index in [-0.39, 0.29) is 18.4 Å². The van der Waals surface area contributed by atoms with Gasteiger partial charge >= 0.3 is 0 Å². The normalized spacial score (nSPS) is 18.0. The maximum absolute atomic E-state index is 12.1. The Bertz CT molecular complexity index is 483. The molecule has 1 aliphatic carbocycles. The number of aliphatic hydroxyl groups is 1. The fraction of sp³-hybridized carbons (Fsp3) is 0.611. The molecule has 0 spiro atoms. The van der Waals surface area contributed by atoms with Crippen LogP contribution in [-0.2, 0) is 4.79 Å². The van der Waals surface area contributed by atoms with Crippen LogP contribution in [-0.4, -0.2) is 24.7 Å². The first-order valence-electron chi connectivity index (χ1n) is 8.20. The fourth-order valence-corrected chi connectivity index (χ4v) is 3.19. The Morgan fingerprint density at radius 2 is 2.14 bits per heavy atom. The van der Waals surface area contributed by atoms with E-state index in [0.717, 1.165) is 12.0 Å². The average Bonchev–Trinajstić information content (AvgIpc) is 3.05. The molecule has 2 N–H and O–H groups in total. The van der Waals surface area contributed by atoms with Crippen LogP contribution in [0.1, 0.15) is 50.7 Å². The molecule has 122 valence electrons. The van der Waals surface area contributed by atoms with Gasteiger partial charge in [0.25, 0.3) is 0 Å². The predicted octanol–water partition coefficient (Wildman–Crippen LogP) is 3.06. The maximum atomic E-state index is 12.1. The number of hydrogen-bond acceptors (Lipinski definition) is 3. The summed E-state index contributed by atoms with van der Waals surface area (Å²) in [5.41, 5.74) is 0.753. The van der Waals surface area contributed by atoms with E-state index in [4.69, 9.17) is 4.74 Å². The SMILES string of the molecule is COc1cccc(C(O)CNC(=O)C(C)CC2CCCC2)c1. The monoisotopic (exact) mass is 305 g/mol. The van der Waals surface area contributed by atoms with Gasteiger partial charge in [-0.1, -0.05) is 44.7 Å². The molecule has 1 amide bonds. The van der Waals surface area contributed by atoms with Crippen LogP contribution >= 0.6 is 0 Å². The molecule has 0 aromatic heterocycles. The molecule has 0 aliphatic heterocycles. The molecule has 1 aromatic rings. The number of carbonyl (C=O) groups excluding carboxylic acids is 1. The largest absolute Gasteiger partial charge is 0.497 e. The molecular formula is C18H27NO3. The lowest BCUT2D eigenvalue weighted by molar-refractivity contribution is -0.125. The zero-order valence-electron chi connectivity index (χ0n) is 13.5. The molecule has 1 saturated carbocycles. The van der Waals surface area contributed by atoms with Crippen molar-refractivity contribution in [2.75, 3.05) is 13.7 Å². The first-order chi connectivity index (χ1) is 10.6. The van der Waals surface area contributed by atoms with Gasteiger partial charge in [0.15, 0.2) is 0 Å². The number of amides is 1. The van der Waals surface area contributed by atoms with Crippen LogP contribution in [0.25, 0.3) is 0 Å². The van der Waals surface area contributed by atoms with Crippen LogP contribution in [0.5, 0.6) is 5.75 Å². The summed E-state index contributed by atoms with van der Waals surface area (Å²) in [6, 6.07) is 7.29. The Morgan fingerprint density at radius 1 is 1.41 bits per heavy atom.